The van der Waals surface area contributed by atoms with Crippen molar-refractivity contribution in [1.82, 2.24) is 0 Å². The molecule has 0 aromatic heterocycles. The largest absolute Gasteiger partial charge is 0.497 e. The fourth-order valence-electron chi connectivity index (χ4n) is 2.79. The molecule has 0 amide bonds. The maximum Gasteiger partial charge on any atom is 0.127 e. The normalized spacial score (nSPS) is 17.4. The van der Waals surface area contributed by atoms with E-state index in [1.165, 1.54) is 19.1 Å². The second-order valence-corrected chi connectivity index (χ2v) is 5.24. The SMILES string of the molecule is COc1ccc(N(C)CC2(C=O)CCCC2)cc1. The molecule has 1 aliphatic rings. The average Bonchev–Trinajstić information content (AvgIpc) is 2.88. The van der Waals surface area contributed by atoms with Gasteiger partial charge in [0, 0.05) is 24.7 Å². The maximum absolute atomic E-state index is 11.3. The monoisotopic (exact) mass is 247 g/mol. The Kier molecular flexibility index (Phi) is 3.90. The average molecular weight is 247 g/mol. The van der Waals surface area contributed by atoms with Gasteiger partial charge in [-0.1, -0.05) is 12.8 Å². The molecule has 98 valence electrons. The first-order valence-corrected chi connectivity index (χ1v) is 6.51. The topological polar surface area (TPSA) is 29.5 Å². The van der Waals surface area contributed by atoms with Crippen LogP contribution in [0.3, 0.4) is 0 Å². The molecule has 0 radical (unpaired) electrons. The Morgan fingerprint density at radius 3 is 2.39 bits per heavy atom. The van der Waals surface area contributed by atoms with E-state index >= 15 is 0 Å². The van der Waals surface area contributed by atoms with Gasteiger partial charge in [-0.3, -0.25) is 0 Å². The molecule has 1 saturated carbocycles. The highest BCUT2D eigenvalue weighted by Crippen LogP contribution is 2.37. The standard InChI is InChI=1S/C15H21NO2/c1-16(11-15(12-17)9-3-4-10-15)13-5-7-14(18-2)8-6-13/h5-8,12H,3-4,9-11H2,1-2H3. The Morgan fingerprint density at radius 2 is 1.89 bits per heavy atom. The van der Waals surface area contributed by atoms with Gasteiger partial charge in [-0.15, -0.1) is 0 Å². The molecule has 0 bridgehead atoms. The van der Waals surface area contributed by atoms with Crippen LogP contribution in [0.4, 0.5) is 5.69 Å². The van der Waals surface area contributed by atoms with Gasteiger partial charge in [-0.2, -0.15) is 0 Å². The molecule has 1 aromatic carbocycles. The summed E-state index contributed by atoms with van der Waals surface area (Å²) in [5.74, 6) is 0.859. The first-order valence-electron chi connectivity index (χ1n) is 6.51. The molecule has 1 fully saturated rings. The number of hydrogen-bond donors (Lipinski definition) is 0. The van der Waals surface area contributed by atoms with Gasteiger partial charge < -0.3 is 14.4 Å². The van der Waals surface area contributed by atoms with Crippen molar-refractivity contribution >= 4 is 12.0 Å². The van der Waals surface area contributed by atoms with E-state index in [0.717, 1.165) is 30.8 Å². The van der Waals surface area contributed by atoms with Gasteiger partial charge >= 0.3 is 0 Å². The number of ether oxygens (including phenoxy) is 1. The predicted octanol–water partition coefficient (Wildman–Crippen LogP) is 2.89. The zero-order chi connectivity index (χ0) is 13.0. The lowest BCUT2D eigenvalue weighted by molar-refractivity contribution is -0.115. The van der Waals surface area contributed by atoms with Crippen molar-refractivity contribution in [2.24, 2.45) is 5.41 Å². The van der Waals surface area contributed by atoms with E-state index in [1.807, 2.05) is 31.3 Å². The summed E-state index contributed by atoms with van der Waals surface area (Å²) in [7, 11) is 3.71. The quantitative estimate of drug-likeness (QED) is 0.749. The fraction of sp³-hybridized carbons (Fsp3) is 0.533. The summed E-state index contributed by atoms with van der Waals surface area (Å²) in [5, 5.41) is 0. The van der Waals surface area contributed by atoms with Crippen molar-refractivity contribution in [2.45, 2.75) is 25.7 Å². The highest BCUT2D eigenvalue weighted by Gasteiger charge is 2.34. The lowest BCUT2D eigenvalue weighted by Crippen LogP contribution is -2.34. The number of aldehydes is 1. The van der Waals surface area contributed by atoms with Crippen LogP contribution in [0.25, 0.3) is 0 Å². The van der Waals surface area contributed by atoms with Crippen molar-refractivity contribution in [2.75, 3.05) is 25.6 Å². The molecule has 18 heavy (non-hydrogen) atoms. The van der Waals surface area contributed by atoms with Crippen molar-refractivity contribution in [3.63, 3.8) is 0 Å². The zero-order valence-electron chi connectivity index (χ0n) is 11.2. The highest BCUT2D eigenvalue weighted by molar-refractivity contribution is 5.62. The third-order valence-electron chi connectivity index (χ3n) is 3.91. The van der Waals surface area contributed by atoms with Crippen LogP contribution in [-0.2, 0) is 4.79 Å². The van der Waals surface area contributed by atoms with Gasteiger partial charge in [0.1, 0.15) is 12.0 Å². The van der Waals surface area contributed by atoms with Gasteiger partial charge in [-0.25, -0.2) is 0 Å². The zero-order valence-corrected chi connectivity index (χ0v) is 11.2. The molecule has 3 nitrogen and oxygen atoms in total. The minimum Gasteiger partial charge on any atom is -0.497 e. The van der Waals surface area contributed by atoms with E-state index in [9.17, 15) is 4.79 Å². The van der Waals surface area contributed by atoms with E-state index < -0.39 is 0 Å². The van der Waals surface area contributed by atoms with Crippen molar-refractivity contribution in [3.8, 4) is 5.75 Å². The Labute approximate surface area is 109 Å². The van der Waals surface area contributed by atoms with E-state index in [0.29, 0.717) is 0 Å². The number of rotatable bonds is 5. The van der Waals surface area contributed by atoms with Gasteiger partial charge in [0.05, 0.1) is 7.11 Å². The molecule has 0 N–H and O–H groups in total. The molecule has 0 saturated heterocycles. The van der Waals surface area contributed by atoms with Crippen LogP contribution in [0.5, 0.6) is 5.75 Å². The van der Waals surface area contributed by atoms with Crippen molar-refractivity contribution < 1.29 is 9.53 Å². The fourth-order valence-corrected chi connectivity index (χ4v) is 2.79. The van der Waals surface area contributed by atoms with Crippen LogP contribution < -0.4 is 9.64 Å². The Hall–Kier alpha value is -1.51. The molecule has 0 unspecified atom stereocenters. The van der Waals surface area contributed by atoms with Gasteiger partial charge in [0.2, 0.25) is 0 Å². The predicted molar refractivity (Wildman–Crippen MR) is 73.2 cm³/mol. The molecule has 1 aliphatic carbocycles. The van der Waals surface area contributed by atoms with Crippen LogP contribution in [0.2, 0.25) is 0 Å². The summed E-state index contributed by atoms with van der Waals surface area (Å²) in [4.78, 5) is 13.5. The Bertz CT molecular complexity index is 393. The number of anilines is 1. The van der Waals surface area contributed by atoms with E-state index in [4.69, 9.17) is 4.74 Å². The molecule has 1 aromatic rings. The van der Waals surface area contributed by atoms with E-state index in [2.05, 4.69) is 4.90 Å². The summed E-state index contributed by atoms with van der Waals surface area (Å²) in [5.41, 5.74) is 0.998. The summed E-state index contributed by atoms with van der Waals surface area (Å²) < 4.78 is 5.15. The third kappa shape index (κ3) is 2.66. The van der Waals surface area contributed by atoms with Gasteiger partial charge in [-0.05, 0) is 37.1 Å². The molecule has 0 heterocycles. The number of nitrogens with zero attached hydrogens (tertiary/aromatic N) is 1. The number of methoxy groups -OCH3 is 1. The van der Waals surface area contributed by atoms with Crippen LogP contribution in [0, 0.1) is 5.41 Å². The number of hydrogen-bond acceptors (Lipinski definition) is 3. The Balaban J connectivity index is 2.06. The number of benzene rings is 1. The lowest BCUT2D eigenvalue weighted by atomic mass is 9.87. The van der Waals surface area contributed by atoms with Crippen LogP contribution in [0.15, 0.2) is 24.3 Å². The van der Waals surface area contributed by atoms with Crippen LogP contribution in [0.1, 0.15) is 25.7 Å². The smallest absolute Gasteiger partial charge is 0.127 e. The van der Waals surface area contributed by atoms with Crippen molar-refractivity contribution in [3.05, 3.63) is 24.3 Å². The second-order valence-electron chi connectivity index (χ2n) is 5.24. The molecule has 0 aliphatic heterocycles. The third-order valence-corrected chi connectivity index (χ3v) is 3.91. The second kappa shape index (κ2) is 5.42. The minimum absolute atomic E-state index is 0.130. The molecular weight excluding hydrogens is 226 g/mol. The number of carbonyl (C=O) groups excluding carboxylic acids is 1. The highest BCUT2D eigenvalue weighted by atomic mass is 16.5. The molecule has 3 heteroatoms. The summed E-state index contributed by atoms with van der Waals surface area (Å²) in [6.07, 6.45) is 5.57. The molecule has 0 spiro atoms. The minimum atomic E-state index is -0.130. The van der Waals surface area contributed by atoms with E-state index in [1.54, 1.807) is 7.11 Å². The molecule has 2 rings (SSSR count). The summed E-state index contributed by atoms with van der Waals surface area (Å²) >= 11 is 0. The molecule has 0 atom stereocenters. The van der Waals surface area contributed by atoms with Gasteiger partial charge in [0.15, 0.2) is 0 Å². The van der Waals surface area contributed by atoms with Gasteiger partial charge in [0.25, 0.3) is 0 Å². The summed E-state index contributed by atoms with van der Waals surface area (Å²) in [6.45, 7) is 0.808. The summed E-state index contributed by atoms with van der Waals surface area (Å²) in [6, 6.07) is 7.97. The first-order chi connectivity index (χ1) is 8.69. The maximum atomic E-state index is 11.3. The van der Waals surface area contributed by atoms with E-state index in [-0.39, 0.29) is 5.41 Å². The first kappa shape index (κ1) is 12.9. The number of carbonyl (C=O) groups is 1. The lowest BCUT2D eigenvalue weighted by Gasteiger charge is -2.30. The molecular formula is C15H21NO2. The van der Waals surface area contributed by atoms with Crippen LogP contribution >= 0.6 is 0 Å². The van der Waals surface area contributed by atoms with Crippen LogP contribution in [-0.4, -0.2) is 27.0 Å². The van der Waals surface area contributed by atoms with Crippen molar-refractivity contribution in [1.29, 1.82) is 0 Å². The Morgan fingerprint density at radius 1 is 1.28 bits per heavy atom.